The fraction of sp³-hybridized carbons (Fsp3) is 0.579. The van der Waals surface area contributed by atoms with Gasteiger partial charge < -0.3 is 14.8 Å². The van der Waals surface area contributed by atoms with Gasteiger partial charge in [0.15, 0.2) is 0 Å². The number of hydrogen-bond donors (Lipinski definition) is 1. The Morgan fingerprint density at radius 3 is 2.69 bits per heavy atom. The first-order chi connectivity index (χ1) is 13.2. The van der Waals surface area contributed by atoms with Gasteiger partial charge in [-0.3, -0.25) is 14.6 Å². The molecule has 2 aromatic rings. The summed E-state index contributed by atoms with van der Waals surface area (Å²) in [6.45, 7) is 7.66. The summed E-state index contributed by atoms with van der Waals surface area (Å²) < 4.78 is 2.05. The highest BCUT2D eigenvalue weighted by Gasteiger charge is 2.30. The standard InChI is InChI=1S/C19H28N6OS.2ClH/c1-22-6-5-21-19(22)17-13-20-4-7-25(17)15-18(26)24-10-8-23(9-11-24)14-16-3-2-12-27-16;;/h2-3,5-6,12,17,20H,4,7-11,13-15H2,1H3;2*1H. The maximum atomic E-state index is 12.9. The Morgan fingerprint density at radius 1 is 1.24 bits per heavy atom. The summed E-state index contributed by atoms with van der Waals surface area (Å²) in [6.07, 6.45) is 3.80. The average molecular weight is 461 g/mol. The molecule has 29 heavy (non-hydrogen) atoms. The number of hydrogen-bond acceptors (Lipinski definition) is 6. The van der Waals surface area contributed by atoms with Gasteiger partial charge in [-0.05, 0) is 11.4 Å². The van der Waals surface area contributed by atoms with E-state index in [1.165, 1.54) is 4.88 Å². The molecule has 0 aliphatic carbocycles. The molecule has 1 atom stereocenters. The molecule has 0 saturated carbocycles. The van der Waals surface area contributed by atoms with Crippen molar-refractivity contribution in [2.75, 3.05) is 52.4 Å². The second-order valence-electron chi connectivity index (χ2n) is 7.32. The van der Waals surface area contributed by atoms with Gasteiger partial charge in [0.2, 0.25) is 5.91 Å². The van der Waals surface area contributed by atoms with Gasteiger partial charge >= 0.3 is 0 Å². The Labute approximate surface area is 188 Å². The molecule has 162 valence electrons. The van der Waals surface area contributed by atoms with Gasteiger partial charge in [-0.1, -0.05) is 6.07 Å². The predicted octanol–water partition coefficient (Wildman–Crippen LogP) is 1.62. The van der Waals surface area contributed by atoms with Crippen molar-refractivity contribution in [3.63, 3.8) is 0 Å². The van der Waals surface area contributed by atoms with E-state index in [4.69, 9.17) is 0 Å². The van der Waals surface area contributed by atoms with E-state index in [1.807, 2.05) is 24.3 Å². The van der Waals surface area contributed by atoms with E-state index in [0.717, 1.165) is 58.2 Å². The van der Waals surface area contributed by atoms with E-state index in [2.05, 4.69) is 42.2 Å². The van der Waals surface area contributed by atoms with Crippen molar-refractivity contribution >= 4 is 42.1 Å². The molecule has 0 bridgehead atoms. The largest absolute Gasteiger partial charge is 0.339 e. The molecule has 2 aromatic heterocycles. The van der Waals surface area contributed by atoms with Crippen molar-refractivity contribution in [2.24, 2.45) is 7.05 Å². The number of aryl methyl sites for hydroxylation is 1. The van der Waals surface area contributed by atoms with Crippen LogP contribution in [-0.2, 0) is 18.4 Å². The van der Waals surface area contributed by atoms with Gasteiger partial charge in [0.1, 0.15) is 5.82 Å². The smallest absolute Gasteiger partial charge is 0.236 e. The fourth-order valence-corrected chi connectivity index (χ4v) is 4.69. The third kappa shape index (κ3) is 5.93. The zero-order chi connectivity index (χ0) is 18.6. The van der Waals surface area contributed by atoms with Crippen molar-refractivity contribution in [2.45, 2.75) is 12.6 Å². The number of halogens is 2. The highest BCUT2D eigenvalue weighted by molar-refractivity contribution is 7.09. The number of amides is 1. The first kappa shape index (κ1) is 24.1. The molecule has 7 nitrogen and oxygen atoms in total. The van der Waals surface area contributed by atoms with E-state index in [-0.39, 0.29) is 36.8 Å². The third-order valence-corrected chi connectivity index (χ3v) is 6.39. The van der Waals surface area contributed by atoms with Crippen LogP contribution in [0.25, 0.3) is 0 Å². The molecule has 2 fully saturated rings. The number of carbonyl (C=O) groups excluding carboxylic acids is 1. The van der Waals surface area contributed by atoms with Crippen LogP contribution < -0.4 is 5.32 Å². The molecule has 0 radical (unpaired) electrons. The highest BCUT2D eigenvalue weighted by Crippen LogP contribution is 2.20. The van der Waals surface area contributed by atoms with Gasteiger partial charge in [-0.2, -0.15) is 0 Å². The molecule has 1 unspecified atom stereocenters. The van der Waals surface area contributed by atoms with Crippen LogP contribution in [0, 0.1) is 0 Å². The second-order valence-corrected chi connectivity index (χ2v) is 8.36. The lowest BCUT2D eigenvalue weighted by molar-refractivity contribution is -0.135. The molecule has 10 heteroatoms. The Bertz CT molecular complexity index is 748. The van der Waals surface area contributed by atoms with E-state index in [9.17, 15) is 4.79 Å². The van der Waals surface area contributed by atoms with Gasteiger partial charge in [-0.25, -0.2) is 4.98 Å². The van der Waals surface area contributed by atoms with Crippen molar-refractivity contribution in [1.82, 2.24) is 29.6 Å². The van der Waals surface area contributed by atoms with Crippen molar-refractivity contribution in [1.29, 1.82) is 0 Å². The molecular formula is C19H30Cl2N6OS. The molecule has 1 N–H and O–H groups in total. The number of thiophene rings is 1. The first-order valence-electron chi connectivity index (χ1n) is 9.65. The van der Waals surface area contributed by atoms with Gasteiger partial charge in [0.05, 0.1) is 12.6 Å². The molecule has 2 aliphatic rings. The first-order valence-corrected chi connectivity index (χ1v) is 10.5. The number of rotatable bonds is 5. The van der Waals surface area contributed by atoms with Crippen LogP contribution in [0.1, 0.15) is 16.7 Å². The molecule has 2 aliphatic heterocycles. The quantitative estimate of drug-likeness (QED) is 0.734. The lowest BCUT2D eigenvalue weighted by atomic mass is 10.1. The van der Waals surface area contributed by atoms with Crippen LogP contribution in [0.4, 0.5) is 0 Å². The molecule has 4 heterocycles. The molecule has 2 saturated heterocycles. The highest BCUT2D eigenvalue weighted by atomic mass is 35.5. The molecular weight excluding hydrogens is 431 g/mol. The predicted molar refractivity (Wildman–Crippen MR) is 121 cm³/mol. The summed E-state index contributed by atoms with van der Waals surface area (Å²) in [5.41, 5.74) is 0. The van der Waals surface area contributed by atoms with E-state index >= 15 is 0 Å². The van der Waals surface area contributed by atoms with Crippen LogP contribution in [0.15, 0.2) is 29.9 Å². The van der Waals surface area contributed by atoms with Gasteiger partial charge in [0, 0.05) is 76.7 Å². The van der Waals surface area contributed by atoms with Crippen molar-refractivity contribution < 1.29 is 4.79 Å². The van der Waals surface area contributed by atoms with Gasteiger partial charge in [0.25, 0.3) is 0 Å². The van der Waals surface area contributed by atoms with E-state index in [0.29, 0.717) is 6.54 Å². The van der Waals surface area contributed by atoms with Gasteiger partial charge in [-0.15, -0.1) is 36.2 Å². The average Bonchev–Trinajstić information content (AvgIpc) is 3.34. The summed E-state index contributed by atoms with van der Waals surface area (Å²) in [7, 11) is 2.02. The Kier molecular flexibility index (Phi) is 9.39. The number of piperazine rings is 2. The summed E-state index contributed by atoms with van der Waals surface area (Å²) in [5, 5.41) is 5.56. The van der Waals surface area contributed by atoms with Crippen LogP contribution in [0.2, 0.25) is 0 Å². The number of nitrogens with zero attached hydrogens (tertiary/aromatic N) is 5. The molecule has 4 rings (SSSR count). The van der Waals surface area contributed by atoms with Crippen LogP contribution in [0.3, 0.4) is 0 Å². The number of nitrogens with one attached hydrogen (secondary N) is 1. The second kappa shape index (κ2) is 11.3. The number of aromatic nitrogens is 2. The summed E-state index contributed by atoms with van der Waals surface area (Å²) >= 11 is 1.80. The van der Waals surface area contributed by atoms with Crippen molar-refractivity contribution in [3.05, 3.63) is 40.6 Å². The molecule has 0 spiro atoms. The van der Waals surface area contributed by atoms with Crippen LogP contribution >= 0.6 is 36.2 Å². The van der Waals surface area contributed by atoms with Crippen LogP contribution in [0.5, 0.6) is 0 Å². The van der Waals surface area contributed by atoms with Crippen LogP contribution in [-0.4, -0.2) is 82.5 Å². The topological polar surface area (TPSA) is 56.6 Å². The van der Waals surface area contributed by atoms with E-state index < -0.39 is 0 Å². The van der Waals surface area contributed by atoms with E-state index in [1.54, 1.807) is 11.3 Å². The lowest BCUT2D eigenvalue weighted by Crippen LogP contribution is -2.54. The van der Waals surface area contributed by atoms with Crippen molar-refractivity contribution in [3.8, 4) is 0 Å². The zero-order valence-electron chi connectivity index (χ0n) is 16.7. The maximum Gasteiger partial charge on any atom is 0.236 e. The summed E-state index contributed by atoms with van der Waals surface area (Å²) in [5.74, 6) is 1.27. The lowest BCUT2D eigenvalue weighted by Gasteiger charge is -2.38. The third-order valence-electron chi connectivity index (χ3n) is 5.53. The monoisotopic (exact) mass is 460 g/mol. The minimum absolute atomic E-state index is 0. The number of carbonyl (C=O) groups is 1. The number of imidazole rings is 1. The SMILES string of the molecule is Cl.Cl.Cn1ccnc1C1CNCCN1CC(=O)N1CCN(Cc2cccs2)CC1. The minimum Gasteiger partial charge on any atom is -0.339 e. The Hall–Kier alpha value is -1.16. The Balaban J connectivity index is 0.00000150. The summed E-state index contributed by atoms with van der Waals surface area (Å²) in [4.78, 5) is 25.6. The minimum atomic E-state index is 0. The zero-order valence-corrected chi connectivity index (χ0v) is 19.1. The Morgan fingerprint density at radius 2 is 2.03 bits per heavy atom. The normalized spacial score (nSPS) is 20.7. The molecule has 1 amide bonds. The summed E-state index contributed by atoms with van der Waals surface area (Å²) in [6, 6.07) is 4.44. The maximum absolute atomic E-state index is 12.9. The molecule has 0 aromatic carbocycles. The fourth-order valence-electron chi connectivity index (χ4n) is 3.94.